The van der Waals surface area contributed by atoms with Gasteiger partial charge < -0.3 is 13.9 Å². The molecule has 0 unspecified atom stereocenters. The average molecular weight is 403 g/mol. The lowest BCUT2D eigenvalue weighted by Gasteiger charge is -2.57. The van der Waals surface area contributed by atoms with Crippen molar-refractivity contribution in [2.75, 3.05) is 7.11 Å². The van der Waals surface area contributed by atoms with Crippen LogP contribution in [0.2, 0.25) is 0 Å². The first-order chi connectivity index (χ1) is 13.7. The molecule has 29 heavy (non-hydrogen) atoms. The second-order valence-electron chi connectivity index (χ2n) is 9.26. The van der Waals surface area contributed by atoms with Crippen LogP contribution in [0.3, 0.4) is 0 Å². The molecule has 1 heterocycles. The van der Waals surface area contributed by atoms with Crippen LogP contribution in [0, 0.1) is 22.7 Å². The van der Waals surface area contributed by atoms with Crippen molar-refractivity contribution in [3.05, 3.63) is 35.8 Å². The molecule has 0 aliphatic heterocycles. The van der Waals surface area contributed by atoms with Gasteiger partial charge in [0.25, 0.3) is 0 Å². The molecule has 0 amide bonds. The Labute approximate surface area is 173 Å². The van der Waals surface area contributed by atoms with Crippen LogP contribution in [0.4, 0.5) is 0 Å². The number of carbonyl (C=O) groups excluding carboxylic acids is 2. The summed E-state index contributed by atoms with van der Waals surface area (Å²) in [5.41, 5.74) is 1.99. The van der Waals surface area contributed by atoms with E-state index in [-0.39, 0.29) is 24.0 Å². The highest BCUT2D eigenvalue weighted by molar-refractivity contribution is 5.77. The summed E-state index contributed by atoms with van der Waals surface area (Å²) < 4.78 is 15.9. The number of allylic oxidation sites excluding steroid dienone is 1. The molecule has 2 aliphatic carbocycles. The van der Waals surface area contributed by atoms with Crippen molar-refractivity contribution in [1.29, 1.82) is 0 Å². The number of hydrogen-bond acceptors (Lipinski definition) is 5. The molecule has 2 saturated carbocycles. The maximum atomic E-state index is 12.7. The van der Waals surface area contributed by atoms with E-state index in [0.717, 1.165) is 50.5 Å². The standard InChI is InChI=1S/C24H34O5/c1-16-7-10-21-23(3,12-6-13-24(21,4)22(26)27-5)19(16)9-8-18-11-14-28-20(18)15-29-17(2)25/h11,14,19,21H,1,6-10,12-13,15H2,2-5H3/t19-,21-,23-,24+/m1/s1. The van der Waals surface area contributed by atoms with Gasteiger partial charge in [-0.25, -0.2) is 0 Å². The number of rotatable bonds is 6. The van der Waals surface area contributed by atoms with E-state index in [1.807, 2.05) is 6.07 Å². The number of carbonyl (C=O) groups is 2. The van der Waals surface area contributed by atoms with Gasteiger partial charge in [0.1, 0.15) is 12.4 Å². The third-order valence-electron chi connectivity index (χ3n) is 7.62. The van der Waals surface area contributed by atoms with Crippen LogP contribution in [0.5, 0.6) is 0 Å². The Hall–Kier alpha value is -2.04. The second-order valence-corrected chi connectivity index (χ2v) is 9.26. The van der Waals surface area contributed by atoms with Crippen LogP contribution in [0.15, 0.2) is 28.9 Å². The third kappa shape index (κ3) is 4.01. The summed E-state index contributed by atoms with van der Waals surface area (Å²) in [4.78, 5) is 23.8. The van der Waals surface area contributed by atoms with Gasteiger partial charge in [0, 0.05) is 6.92 Å². The molecular weight excluding hydrogens is 368 g/mol. The Morgan fingerprint density at radius 1 is 1.31 bits per heavy atom. The molecule has 0 N–H and O–H groups in total. The Morgan fingerprint density at radius 2 is 2.07 bits per heavy atom. The topological polar surface area (TPSA) is 65.7 Å². The fraction of sp³-hybridized carbons (Fsp3) is 0.667. The Kier molecular flexibility index (Phi) is 6.25. The maximum absolute atomic E-state index is 12.7. The van der Waals surface area contributed by atoms with Crippen LogP contribution in [0.1, 0.15) is 70.6 Å². The van der Waals surface area contributed by atoms with Gasteiger partial charge >= 0.3 is 11.9 Å². The van der Waals surface area contributed by atoms with E-state index in [4.69, 9.17) is 13.9 Å². The van der Waals surface area contributed by atoms with Gasteiger partial charge in [0.15, 0.2) is 0 Å². The molecular formula is C24H34O5. The van der Waals surface area contributed by atoms with Crippen molar-refractivity contribution in [1.82, 2.24) is 0 Å². The summed E-state index contributed by atoms with van der Waals surface area (Å²) in [6, 6.07) is 1.96. The van der Waals surface area contributed by atoms with Crippen LogP contribution < -0.4 is 0 Å². The molecule has 0 spiro atoms. The van der Waals surface area contributed by atoms with E-state index in [2.05, 4.69) is 20.4 Å². The maximum Gasteiger partial charge on any atom is 0.311 e. The molecule has 0 saturated heterocycles. The van der Waals surface area contributed by atoms with Gasteiger partial charge in [-0.05, 0) is 74.3 Å². The zero-order chi connectivity index (χ0) is 21.2. The van der Waals surface area contributed by atoms with E-state index in [0.29, 0.717) is 17.6 Å². The van der Waals surface area contributed by atoms with Gasteiger partial charge in [-0.3, -0.25) is 9.59 Å². The summed E-state index contributed by atoms with van der Waals surface area (Å²) >= 11 is 0. The Bertz CT molecular complexity index is 778. The van der Waals surface area contributed by atoms with Crippen molar-refractivity contribution >= 4 is 11.9 Å². The smallest absolute Gasteiger partial charge is 0.311 e. The Balaban J connectivity index is 1.79. The van der Waals surface area contributed by atoms with Crippen molar-refractivity contribution in [3.8, 4) is 0 Å². The largest absolute Gasteiger partial charge is 0.469 e. The minimum absolute atomic E-state index is 0.0380. The number of aryl methyl sites for hydroxylation is 1. The average Bonchev–Trinajstić information content (AvgIpc) is 3.12. The summed E-state index contributed by atoms with van der Waals surface area (Å²) in [7, 11) is 1.50. The van der Waals surface area contributed by atoms with Crippen molar-refractivity contribution in [2.45, 2.75) is 72.3 Å². The molecule has 5 heteroatoms. The minimum Gasteiger partial charge on any atom is -0.469 e. The van der Waals surface area contributed by atoms with Gasteiger partial charge in [0.2, 0.25) is 0 Å². The first-order valence-electron chi connectivity index (χ1n) is 10.7. The van der Waals surface area contributed by atoms with E-state index in [1.165, 1.54) is 19.6 Å². The summed E-state index contributed by atoms with van der Waals surface area (Å²) in [5, 5.41) is 0. The molecule has 1 aromatic rings. The van der Waals surface area contributed by atoms with Gasteiger partial charge in [-0.2, -0.15) is 0 Å². The number of furan rings is 1. The van der Waals surface area contributed by atoms with Crippen molar-refractivity contribution < 1.29 is 23.5 Å². The lowest BCUT2D eigenvalue weighted by Crippen LogP contribution is -2.53. The van der Waals surface area contributed by atoms with E-state index in [1.54, 1.807) is 6.26 Å². The lowest BCUT2D eigenvalue weighted by molar-refractivity contribution is -0.168. The molecule has 4 atom stereocenters. The highest BCUT2D eigenvalue weighted by atomic mass is 16.5. The zero-order valence-electron chi connectivity index (χ0n) is 18.2. The number of esters is 2. The van der Waals surface area contributed by atoms with Gasteiger partial charge in [-0.15, -0.1) is 0 Å². The van der Waals surface area contributed by atoms with Crippen molar-refractivity contribution in [2.24, 2.45) is 22.7 Å². The monoisotopic (exact) mass is 402 g/mol. The second kappa shape index (κ2) is 8.37. The first-order valence-corrected chi connectivity index (χ1v) is 10.7. The number of methoxy groups -OCH3 is 1. The van der Waals surface area contributed by atoms with E-state index in [9.17, 15) is 9.59 Å². The third-order valence-corrected chi connectivity index (χ3v) is 7.62. The van der Waals surface area contributed by atoms with E-state index >= 15 is 0 Å². The first kappa shape index (κ1) is 21.7. The van der Waals surface area contributed by atoms with Crippen LogP contribution in [-0.4, -0.2) is 19.0 Å². The fourth-order valence-corrected chi connectivity index (χ4v) is 6.14. The fourth-order valence-electron chi connectivity index (χ4n) is 6.14. The lowest BCUT2D eigenvalue weighted by atomic mass is 9.46. The SMILES string of the molecule is C=C1CC[C@@H]2[C@](C)(CCC[C@]2(C)C(=O)OC)[C@@H]1CCc1ccoc1COC(C)=O. The Morgan fingerprint density at radius 3 is 2.76 bits per heavy atom. The predicted octanol–water partition coefficient (Wildman–Crippen LogP) is 5.23. The van der Waals surface area contributed by atoms with Crippen LogP contribution in [0.25, 0.3) is 0 Å². The van der Waals surface area contributed by atoms with Gasteiger partial charge in [0.05, 0.1) is 18.8 Å². The number of hydrogen-bond donors (Lipinski definition) is 0. The number of ether oxygens (including phenoxy) is 2. The molecule has 3 rings (SSSR count). The zero-order valence-corrected chi connectivity index (χ0v) is 18.2. The molecule has 0 aromatic carbocycles. The van der Waals surface area contributed by atoms with Gasteiger partial charge in [-0.1, -0.05) is 25.5 Å². The highest BCUT2D eigenvalue weighted by Crippen LogP contribution is 2.62. The summed E-state index contributed by atoms with van der Waals surface area (Å²) in [6.45, 7) is 10.4. The van der Waals surface area contributed by atoms with Crippen LogP contribution >= 0.6 is 0 Å². The highest BCUT2D eigenvalue weighted by Gasteiger charge is 2.57. The molecule has 2 aliphatic rings. The molecule has 160 valence electrons. The number of fused-ring (bicyclic) bond motifs is 1. The van der Waals surface area contributed by atoms with Crippen LogP contribution in [-0.2, 0) is 32.1 Å². The molecule has 0 radical (unpaired) electrons. The molecule has 1 aromatic heterocycles. The summed E-state index contributed by atoms with van der Waals surface area (Å²) in [6.07, 6.45) is 8.45. The quantitative estimate of drug-likeness (QED) is 0.482. The normalized spacial score (nSPS) is 31.8. The minimum atomic E-state index is -0.420. The van der Waals surface area contributed by atoms with E-state index < -0.39 is 5.41 Å². The molecule has 0 bridgehead atoms. The summed E-state index contributed by atoms with van der Waals surface area (Å²) in [5.74, 6) is 0.982. The molecule has 2 fully saturated rings. The van der Waals surface area contributed by atoms with Crippen molar-refractivity contribution in [3.63, 3.8) is 0 Å². The predicted molar refractivity (Wildman–Crippen MR) is 110 cm³/mol. The molecule has 5 nitrogen and oxygen atoms in total.